The fraction of sp³-hybridized carbons (Fsp3) is 0.588. The van der Waals surface area contributed by atoms with E-state index >= 15 is 0 Å². The van der Waals surface area contributed by atoms with Crippen molar-refractivity contribution in [2.75, 3.05) is 5.32 Å². The second kappa shape index (κ2) is 4.93. The molecule has 0 saturated heterocycles. The quantitative estimate of drug-likeness (QED) is 0.850. The summed E-state index contributed by atoms with van der Waals surface area (Å²) in [6.07, 6.45) is 6.96. The van der Waals surface area contributed by atoms with Gasteiger partial charge in [0.05, 0.1) is 5.69 Å². The van der Waals surface area contributed by atoms with Crippen molar-refractivity contribution in [3.05, 3.63) is 29.8 Å². The second-order valence-electron chi connectivity index (χ2n) is 7.40. The summed E-state index contributed by atoms with van der Waals surface area (Å²) in [5.74, 6) is 0.973. The lowest BCUT2D eigenvalue weighted by molar-refractivity contribution is -0.0127. The average Bonchev–Trinajstić information content (AvgIpc) is 2.40. The van der Waals surface area contributed by atoms with Crippen LogP contribution in [0.2, 0.25) is 0 Å². The number of carbonyl (C=O) groups excluding carboxylic acids is 1. The number of halogens is 2. The van der Waals surface area contributed by atoms with E-state index < -0.39 is 17.7 Å². The molecule has 4 aliphatic carbocycles. The van der Waals surface area contributed by atoms with Crippen LogP contribution in [0.3, 0.4) is 0 Å². The van der Waals surface area contributed by atoms with E-state index in [1.165, 1.54) is 19.3 Å². The van der Waals surface area contributed by atoms with Crippen molar-refractivity contribution in [3.63, 3.8) is 0 Å². The number of urea groups is 1. The van der Waals surface area contributed by atoms with Crippen LogP contribution in [0.5, 0.6) is 0 Å². The number of hydrogen-bond donors (Lipinski definition) is 2. The molecule has 3 nitrogen and oxygen atoms in total. The Hall–Kier alpha value is -1.65. The Kier molecular flexibility index (Phi) is 3.13. The topological polar surface area (TPSA) is 41.1 Å². The summed E-state index contributed by atoms with van der Waals surface area (Å²) in [5, 5.41) is 5.54. The molecule has 0 heterocycles. The molecular formula is C17H20F2N2O. The SMILES string of the molecule is O=C(Nc1cc(F)ccc1F)NC12CC3CC(CC(C3)C1)C2. The van der Waals surface area contributed by atoms with Gasteiger partial charge in [0.2, 0.25) is 0 Å². The molecule has 5 heteroatoms. The molecule has 2 N–H and O–H groups in total. The van der Waals surface area contributed by atoms with E-state index in [4.69, 9.17) is 0 Å². The molecule has 1 aromatic carbocycles. The second-order valence-corrected chi connectivity index (χ2v) is 7.40. The van der Waals surface area contributed by atoms with Crippen LogP contribution in [-0.2, 0) is 0 Å². The van der Waals surface area contributed by atoms with Crippen LogP contribution < -0.4 is 10.6 Å². The third kappa shape index (κ3) is 2.46. The zero-order valence-electron chi connectivity index (χ0n) is 12.4. The van der Waals surface area contributed by atoms with Gasteiger partial charge >= 0.3 is 6.03 Å². The van der Waals surface area contributed by atoms with Crippen LogP contribution in [-0.4, -0.2) is 11.6 Å². The van der Waals surface area contributed by atoms with Crippen molar-refractivity contribution < 1.29 is 13.6 Å². The Morgan fingerprint density at radius 2 is 1.64 bits per heavy atom. The van der Waals surface area contributed by atoms with Gasteiger partial charge < -0.3 is 10.6 Å². The Bertz CT molecular complexity index is 581. The van der Waals surface area contributed by atoms with Gasteiger partial charge in [-0.25, -0.2) is 13.6 Å². The maximum Gasteiger partial charge on any atom is 0.319 e. The molecule has 0 aliphatic heterocycles. The van der Waals surface area contributed by atoms with Crippen molar-refractivity contribution >= 4 is 11.7 Å². The first-order valence-electron chi connectivity index (χ1n) is 8.06. The fourth-order valence-electron chi connectivity index (χ4n) is 5.25. The van der Waals surface area contributed by atoms with Crippen molar-refractivity contribution in [2.45, 2.75) is 44.1 Å². The van der Waals surface area contributed by atoms with E-state index in [9.17, 15) is 13.6 Å². The van der Waals surface area contributed by atoms with Gasteiger partial charge in [-0.05, 0) is 68.4 Å². The zero-order valence-corrected chi connectivity index (χ0v) is 12.4. The van der Waals surface area contributed by atoms with E-state index in [-0.39, 0.29) is 11.2 Å². The maximum absolute atomic E-state index is 13.6. The van der Waals surface area contributed by atoms with Crippen LogP contribution in [0.15, 0.2) is 18.2 Å². The van der Waals surface area contributed by atoms with Crippen molar-refractivity contribution in [3.8, 4) is 0 Å². The van der Waals surface area contributed by atoms with Gasteiger partial charge in [0.25, 0.3) is 0 Å². The Balaban J connectivity index is 1.47. The van der Waals surface area contributed by atoms with E-state index in [1.807, 2.05) is 0 Å². The van der Waals surface area contributed by atoms with E-state index in [0.717, 1.165) is 55.2 Å². The van der Waals surface area contributed by atoms with Crippen LogP contribution in [0.1, 0.15) is 38.5 Å². The molecule has 0 radical (unpaired) electrons. The lowest BCUT2D eigenvalue weighted by atomic mass is 9.53. The summed E-state index contributed by atoms with van der Waals surface area (Å²) < 4.78 is 26.8. The first kappa shape index (κ1) is 14.0. The van der Waals surface area contributed by atoms with Crippen LogP contribution in [0.4, 0.5) is 19.3 Å². The van der Waals surface area contributed by atoms with Crippen molar-refractivity contribution in [2.24, 2.45) is 17.8 Å². The van der Waals surface area contributed by atoms with Gasteiger partial charge in [-0.3, -0.25) is 0 Å². The molecule has 1 aromatic rings. The number of nitrogens with one attached hydrogen (secondary N) is 2. The minimum Gasteiger partial charge on any atom is -0.332 e. The minimum atomic E-state index is -0.623. The number of benzene rings is 1. The number of amides is 2. The summed E-state index contributed by atoms with van der Waals surface area (Å²) in [4.78, 5) is 12.2. The highest BCUT2D eigenvalue weighted by atomic mass is 19.1. The molecule has 4 saturated carbocycles. The van der Waals surface area contributed by atoms with Gasteiger partial charge in [-0.2, -0.15) is 0 Å². The number of hydrogen-bond acceptors (Lipinski definition) is 1. The van der Waals surface area contributed by atoms with Crippen molar-refractivity contribution in [1.29, 1.82) is 0 Å². The van der Waals surface area contributed by atoms with Gasteiger partial charge in [0, 0.05) is 11.6 Å². The third-order valence-electron chi connectivity index (χ3n) is 5.59. The molecule has 4 fully saturated rings. The molecule has 5 rings (SSSR count). The lowest BCUT2D eigenvalue weighted by Gasteiger charge is -2.56. The van der Waals surface area contributed by atoms with Gasteiger partial charge in [0.1, 0.15) is 11.6 Å². The average molecular weight is 306 g/mol. The Morgan fingerprint density at radius 3 is 2.23 bits per heavy atom. The van der Waals surface area contributed by atoms with Gasteiger partial charge in [-0.1, -0.05) is 0 Å². The first-order chi connectivity index (χ1) is 10.5. The normalized spacial score (nSPS) is 35.5. The lowest BCUT2D eigenvalue weighted by Crippen LogP contribution is -2.60. The number of anilines is 1. The fourth-order valence-corrected chi connectivity index (χ4v) is 5.25. The molecule has 0 unspecified atom stereocenters. The predicted molar refractivity (Wildman–Crippen MR) is 79.4 cm³/mol. The number of carbonyl (C=O) groups is 1. The monoisotopic (exact) mass is 306 g/mol. The van der Waals surface area contributed by atoms with E-state index in [1.54, 1.807) is 0 Å². The summed E-state index contributed by atoms with van der Waals surface area (Å²) in [7, 11) is 0. The van der Waals surface area contributed by atoms with Crippen LogP contribution in [0.25, 0.3) is 0 Å². The molecule has 118 valence electrons. The molecule has 0 aromatic heterocycles. The largest absolute Gasteiger partial charge is 0.332 e. The van der Waals surface area contributed by atoms with Crippen LogP contribution >= 0.6 is 0 Å². The summed E-state index contributed by atoms with van der Waals surface area (Å²) in [6.45, 7) is 0. The zero-order chi connectivity index (χ0) is 15.3. The first-order valence-corrected chi connectivity index (χ1v) is 8.06. The molecule has 0 atom stereocenters. The smallest absolute Gasteiger partial charge is 0.319 e. The molecule has 4 bridgehead atoms. The summed E-state index contributed by atoms with van der Waals surface area (Å²) in [6, 6.07) is 2.65. The predicted octanol–water partition coefficient (Wildman–Crippen LogP) is 4.06. The van der Waals surface area contributed by atoms with E-state index in [0.29, 0.717) is 0 Å². The molecule has 22 heavy (non-hydrogen) atoms. The van der Waals surface area contributed by atoms with E-state index in [2.05, 4.69) is 10.6 Å². The highest BCUT2D eigenvalue weighted by Gasteiger charge is 2.51. The van der Waals surface area contributed by atoms with Crippen molar-refractivity contribution in [1.82, 2.24) is 5.32 Å². The van der Waals surface area contributed by atoms with Crippen LogP contribution in [0, 0.1) is 29.4 Å². The standard InChI is InChI=1S/C17H20F2N2O/c18-13-1-2-14(19)15(6-13)20-16(22)21-17-7-10-3-11(8-17)5-12(4-10)9-17/h1-2,6,10-12H,3-5,7-9H2,(H2,20,21,22). The molecule has 4 aliphatic rings. The Labute approximate surface area is 128 Å². The molecular weight excluding hydrogens is 286 g/mol. The highest BCUT2D eigenvalue weighted by molar-refractivity contribution is 5.90. The minimum absolute atomic E-state index is 0.109. The van der Waals surface area contributed by atoms with Gasteiger partial charge in [0.15, 0.2) is 0 Å². The highest BCUT2D eigenvalue weighted by Crippen LogP contribution is 2.55. The number of rotatable bonds is 2. The van der Waals surface area contributed by atoms with Gasteiger partial charge in [-0.15, -0.1) is 0 Å². The molecule has 0 spiro atoms. The third-order valence-corrected chi connectivity index (χ3v) is 5.59. The summed E-state index contributed by atoms with van der Waals surface area (Å²) in [5.41, 5.74) is -0.245. The Morgan fingerprint density at radius 1 is 1.05 bits per heavy atom. The summed E-state index contributed by atoms with van der Waals surface area (Å²) >= 11 is 0. The maximum atomic E-state index is 13.6. The molecule has 2 amide bonds.